The Hall–Kier alpha value is -1.02. The summed E-state index contributed by atoms with van der Waals surface area (Å²) in [6, 6.07) is -0.835. The predicted molar refractivity (Wildman–Crippen MR) is 52.6 cm³/mol. The fraction of sp³-hybridized carbons (Fsp3) is 0.300. The molecule has 0 saturated carbocycles. The monoisotopic (exact) mass is 201 g/mol. The van der Waals surface area contributed by atoms with Gasteiger partial charge in [-0.3, -0.25) is 4.79 Å². The number of halogens is 1. The van der Waals surface area contributed by atoms with Crippen molar-refractivity contribution in [2.45, 2.75) is 13.3 Å². The number of carbonyl (C=O) groups is 1. The van der Waals surface area contributed by atoms with Gasteiger partial charge in [-0.15, -0.1) is 0 Å². The van der Waals surface area contributed by atoms with Crippen LogP contribution in [0.15, 0.2) is 18.1 Å². The van der Waals surface area contributed by atoms with Crippen LogP contribution in [0.3, 0.4) is 0 Å². The predicted octanol–water partition coefficient (Wildman–Crippen LogP) is 2.94. The minimum Gasteiger partial charge on any atom is -0.493 e. The van der Waals surface area contributed by atoms with E-state index in [1.165, 1.54) is 0 Å². The maximum atomic E-state index is 10.8. The molecule has 0 N–H and O–H groups in total. The summed E-state index contributed by atoms with van der Waals surface area (Å²) >= 11 is 5.71. The van der Waals surface area contributed by atoms with E-state index in [0.717, 1.165) is 0 Å². The van der Waals surface area contributed by atoms with Gasteiger partial charge >= 0.3 is 0 Å². The van der Waals surface area contributed by atoms with Crippen molar-refractivity contribution in [2.75, 3.05) is 6.61 Å². The SMILES string of the molecule is [2H]c1c([2H])c(C=O)c(OCCC)c([2H])c1Cl. The minimum absolute atomic E-state index is 0.0112. The molecule has 0 aliphatic carbocycles. The molecule has 1 aromatic rings. The van der Waals surface area contributed by atoms with Crippen LogP contribution >= 0.6 is 11.6 Å². The first-order valence-electron chi connectivity index (χ1n) is 5.41. The van der Waals surface area contributed by atoms with Gasteiger partial charge in [-0.05, 0) is 24.5 Å². The van der Waals surface area contributed by atoms with E-state index in [2.05, 4.69) is 0 Å². The smallest absolute Gasteiger partial charge is 0.153 e. The van der Waals surface area contributed by atoms with Crippen molar-refractivity contribution < 1.29 is 13.6 Å². The number of benzene rings is 1. The molecule has 0 bridgehead atoms. The van der Waals surface area contributed by atoms with Crippen molar-refractivity contribution in [1.82, 2.24) is 0 Å². The molecular weight excluding hydrogens is 188 g/mol. The molecule has 0 unspecified atom stereocenters. The van der Waals surface area contributed by atoms with Crippen LogP contribution in [-0.2, 0) is 0 Å². The van der Waals surface area contributed by atoms with Gasteiger partial charge < -0.3 is 4.74 Å². The van der Waals surface area contributed by atoms with E-state index < -0.39 is 0 Å². The second-order valence-corrected chi connectivity index (χ2v) is 2.78. The number of rotatable bonds is 4. The molecule has 13 heavy (non-hydrogen) atoms. The van der Waals surface area contributed by atoms with Gasteiger partial charge in [-0.25, -0.2) is 0 Å². The van der Waals surface area contributed by atoms with Crippen molar-refractivity contribution in [2.24, 2.45) is 0 Å². The largest absolute Gasteiger partial charge is 0.493 e. The molecular formula is C10H11ClO2. The van der Waals surface area contributed by atoms with E-state index in [4.69, 9.17) is 20.5 Å². The van der Waals surface area contributed by atoms with Gasteiger partial charge in [-0.1, -0.05) is 18.5 Å². The average molecular weight is 202 g/mol. The Morgan fingerprint density at radius 2 is 2.46 bits per heavy atom. The third-order valence-corrected chi connectivity index (χ3v) is 1.53. The van der Waals surface area contributed by atoms with Crippen LogP contribution in [0.2, 0.25) is 5.02 Å². The van der Waals surface area contributed by atoms with Gasteiger partial charge in [0.15, 0.2) is 6.29 Å². The highest BCUT2D eigenvalue weighted by Crippen LogP contribution is 2.21. The Morgan fingerprint density at radius 3 is 3.08 bits per heavy atom. The van der Waals surface area contributed by atoms with Crippen molar-refractivity contribution in [3.8, 4) is 5.75 Å². The molecule has 0 saturated heterocycles. The van der Waals surface area contributed by atoms with Gasteiger partial charge in [0, 0.05) is 5.02 Å². The lowest BCUT2D eigenvalue weighted by Gasteiger charge is -2.06. The zero-order valence-corrected chi connectivity index (χ0v) is 7.94. The first-order chi connectivity index (χ1) is 7.54. The van der Waals surface area contributed by atoms with Crippen LogP contribution in [0.5, 0.6) is 5.75 Å². The van der Waals surface area contributed by atoms with Crippen LogP contribution in [0.25, 0.3) is 0 Å². The van der Waals surface area contributed by atoms with Crippen molar-refractivity contribution in [3.63, 3.8) is 0 Å². The summed E-state index contributed by atoms with van der Waals surface area (Å²) < 4.78 is 27.8. The Bertz CT molecular complexity index is 421. The van der Waals surface area contributed by atoms with E-state index in [-0.39, 0.29) is 34.5 Å². The zero-order valence-electron chi connectivity index (χ0n) is 10.2. The van der Waals surface area contributed by atoms with Gasteiger partial charge in [0.1, 0.15) is 5.75 Å². The molecule has 3 heteroatoms. The van der Waals surface area contributed by atoms with E-state index >= 15 is 0 Å². The maximum absolute atomic E-state index is 10.8. The van der Waals surface area contributed by atoms with Crippen molar-refractivity contribution in [3.05, 3.63) is 28.7 Å². The second kappa shape index (κ2) is 4.87. The topological polar surface area (TPSA) is 26.3 Å². The number of aldehydes is 1. The third kappa shape index (κ3) is 2.74. The Balaban J connectivity index is 3.38. The van der Waals surface area contributed by atoms with Crippen LogP contribution in [0.1, 0.15) is 27.8 Å². The molecule has 0 amide bonds. The standard InChI is InChI=1S/C10H11ClO2/c1-2-5-13-10-6-9(11)4-3-8(10)7-12/h3-4,6-7H,2,5H2,1H3/i3D,4D,6D. The molecule has 0 aliphatic rings. The molecule has 0 aliphatic heterocycles. The maximum Gasteiger partial charge on any atom is 0.153 e. The quantitative estimate of drug-likeness (QED) is 0.701. The highest BCUT2D eigenvalue weighted by Gasteiger charge is 2.02. The number of hydrogen-bond donors (Lipinski definition) is 0. The molecule has 70 valence electrons. The lowest BCUT2D eigenvalue weighted by Crippen LogP contribution is -1.98. The molecule has 0 heterocycles. The number of carbonyl (C=O) groups excluding carboxylic acids is 1. The fourth-order valence-electron chi connectivity index (χ4n) is 0.778. The van der Waals surface area contributed by atoms with Crippen LogP contribution in [0, 0.1) is 0 Å². The first kappa shape index (κ1) is 6.44. The van der Waals surface area contributed by atoms with Crippen LogP contribution < -0.4 is 4.74 Å². The summed E-state index contributed by atoms with van der Waals surface area (Å²) in [6.07, 6.45) is 1.13. The zero-order chi connectivity index (χ0) is 12.3. The third-order valence-electron chi connectivity index (χ3n) is 1.34. The Kier molecular flexibility index (Phi) is 2.41. The summed E-state index contributed by atoms with van der Waals surface area (Å²) in [5.74, 6) is -0.0112. The molecule has 2 nitrogen and oxygen atoms in total. The summed E-state index contributed by atoms with van der Waals surface area (Å²) in [5, 5.41) is -0.165. The normalized spacial score (nSPS) is 12.9. The van der Waals surface area contributed by atoms with Crippen LogP contribution in [-0.4, -0.2) is 12.9 Å². The summed E-state index contributed by atoms with van der Waals surface area (Å²) in [5.41, 5.74) is -0.0900. The minimum atomic E-state index is -0.322. The summed E-state index contributed by atoms with van der Waals surface area (Å²) in [6.45, 7) is 2.21. The van der Waals surface area contributed by atoms with Gasteiger partial charge in [0.25, 0.3) is 0 Å². The highest BCUT2D eigenvalue weighted by atomic mass is 35.5. The highest BCUT2D eigenvalue weighted by molar-refractivity contribution is 6.30. The lowest BCUT2D eigenvalue weighted by atomic mass is 10.2. The van der Waals surface area contributed by atoms with Crippen LogP contribution in [0.4, 0.5) is 0 Å². The molecule has 0 atom stereocenters. The van der Waals surface area contributed by atoms with Gasteiger partial charge in [-0.2, -0.15) is 0 Å². The van der Waals surface area contributed by atoms with Gasteiger partial charge in [0.05, 0.1) is 16.3 Å². The molecule has 0 radical (unpaired) electrons. The van der Waals surface area contributed by atoms with Crippen molar-refractivity contribution >= 4 is 17.9 Å². The van der Waals surface area contributed by atoms with Gasteiger partial charge in [0.2, 0.25) is 0 Å². The molecule has 1 aromatic carbocycles. The molecule has 0 fully saturated rings. The summed E-state index contributed by atoms with van der Waals surface area (Å²) in [7, 11) is 0. The Labute approximate surface area is 86.7 Å². The van der Waals surface area contributed by atoms with E-state index in [9.17, 15) is 4.79 Å². The van der Waals surface area contributed by atoms with E-state index in [1.54, 1.807) is 0 Å². The molecule has 0 spiro atoms. The number of ether oxygens (including phenoxy) is 1. The molecule has 0 aromatic heterocycles. The lowest BCUT2D eigenvalue weighted by molar-refractivity contribution is 0.111. The van der Waals surface area contributed by atoms with E-state index in [0.29, 0.717) is 19.3 Å². The average Bonchev–Trinajstić information content (AvgIpc) is 2.29. The Morgan fingerprint density at radius 1 is 1.69 bits per heavy atom. The fourth-order valence-corrected chi connectivity index (χ4v) is 0.911. The second-order valence-electron chi connectivity index (χ2n) is 2.40. The first-order valence-corrected chi connectivity index (χ1v) is 4.29. The van der Waals surface area contributed by atoms with E-state index in [1.807, 2.05) is 6.92 Å². The van der Waals surface area contributed by atoms with Crippen molar-refractivity contribution in [1.29, 1.82) is 0 Å². The summed E-state index contributed by atoms with van der Waals surface area (Å²) in [4.78, 5) is 10.8. The molecule has 1 rings (SSSR count). The number of hydrogen-bond acceptors (Lipinski definition) is 2.